The first kappa shape index (κ1) is 15.3. The minimum absolute atomic E-state index is 0.161. The first-order chi connectivity index (χ1) is 12.8. The Morgan fingerprint density at radius 1 is 1.23 bits per heavy atom. The van der Waals surface area contributed by atoms with Crippen molar-refractivity contribution in [1.82, 2.24) is 20.3 Å². The van der Waals surface area contributed by atoms with Crippen LogP contribution >= 0.6 is 0 Å². The van der Waals surface area contributed by atoms with Gasteiger partial charge in [-0.1, -0.05) is 0 Å². The summed E-state index contributed by atoms with van der Waals surface area (Å²) < 4.78 is 5.55. The number of nitrogens with zero attached hydrogens (tertiary/aromatic N) is 4. The third kappa shape index (κ3) is 2.69. The zero-order valence-corrected chi connectivity index (χ0v) is 14.2. The van der Waals surface area contributed by atoms with Gasteiger partial charge in [0.05, 0.1) is 6.20 Å². The van der Waals surface area contributed by atoms with Crippen molar-refractivity contribution in [2.45, 2.75) is 6.42 Å². The lowest BCUT2D eigenvalue weighted by Gasteiger charge is -2.19. The Labute approximate surface area is 150 Å². The van der Waals surface area contributed by atoms with Gasteiger partial charge in [0.25, 0.3) is 5.91 Å². The summed E-state index contributed by atoms with van der Waals surface area (Å²) in [6.45, 7) is 2.71. The van der Waals surface area contributed by atoms with E-state index in [-0.39, 0.29) is 5.91 Å². The second-order valence-electron chi connectivity index (χ2n) is 7.01. The summed E-state index contributed by atoms with van der Waals surface area (Å²) in [6, 6.07) is 5.43. The molecule has 26 heavy (non-hydrogen) atoms. The van der Waals surface area contributed by atoms with Crippen LogP contribution in [0.2, 0.25) is 0 Å². The molecule has 2 fully saturated rings. The summed E-state index contributed by atoms with van der Waals surface area (Å²) in [6.07, 6.45) is 7.89. The Morgan fingerprint density at radius 2 is 2.04 bits per heavy atom. The van der Waals surface area contributed by atoms with Gasteiger partial charge in [-0.05, 0) is 42.4 Å². The lowest BCUT2D eigenvalue weighted by molar-refractivity contribution is 0.0926. The average Bonchev–Trinajstić information content (AvgIpc) is 3.07. The number of fused-ring (bicyclic) bond motifs is 2. The van der Waals surface area contributed by atoms with Crippen LogP contribution in [0, 0.1) is 17.8 Å². The van der Waals surface area contributed by atoms with E-state index in [9.17, 15) is 4.79 Å². The minimum atomic E-state index is -0.161. The molecular weight excluding hydrogens is 330 g/mol. The number of furan rings is 1. The van der Waals surface area contributed by atoms with Gasteiger partial charge in [0.15, 0.2) is 11.3 Å². The van der Waals surface area contributed by atoms with Gasteiger partial charge in [-0.2, -0.15) is 0 Å². The molecule has 0 radical (unpaired) electrons. The fourth-order valence-corrected chi connectivity index (χ4v) is 4.13. The third-order valence-electron chi connectivity index (χ3n) is 5.52. The predicted octanol–water partition coefficient (Wildman–Crippen LogP) is 2.12. The first-order valence-electron chi connectivity index (χ1n) is 8.93. The Bertz CT molecular complexity index is 896. The number of pyridine rings is 1. The van der Waals surface area contributed by atoms with Gasteiger partial charge >= 0.3 is 0 Å². The van der Waals surface area contributed by atoms with E-state index in [1.807, 2.05) is 12.1 Å². The molecule has 1 N–H and O–H groups in total. The Balaban J connectivity index is 1.11. The van der Waals surface area contributed by atoms with E-state index in [1.165, 1.54) is 0 Å². The zero-order valence-electron chi connectivity index (χ0n) is 14.2. The van der Waals surface area contributed by atoms with Crippen LogP contribution in [-0.4, -0.2) is 40.5 Å². The van der Waals surface area contributed by atoms with Crippen LogP contribution < -0.4 is 10.2 Å². The fourth-order valence-electron chi connectivity index (χ4n) is 4.13. The molecule has 3 aromatic rings. The zero-order chi connectivity index (χ0) is 17.5. The quantitative estimate of drug-likeness (QED) is 0.759. The lowest BCUT2D eigenvalue weighted by Crippen LogP contribution is -2.28. The largest absolute Gasteiger partial charge is 0.449 e. The van der Waals surface area contributed by atoms with Crippen molar-refractivity contribution in [1.29, 1.82) is 0 Å². The third-order valence-corrected chi connectivity index (χ3v) is 5.52. The number of piperidine rings is 1. The SMILES string of the molecule is O=C(NCCC1[C@H]2CN(c3ncccn3)C[C@@H]12)c1cc2ccncc2o1. The van der Waals surface area contributed by atoms with E-state index >= 15 is 0 Å². The van der Waals surface area contributed by atoms with Crippen LogP contribution in [0.4, 0.5) is 5.95 Å². The molecule has 1 aliphatic carbocycles. The minimum Gasteiger partial charge on any atom is -0.449 e. The van der Waals surface area contributed by atoms with Gasteiger partial charge < -0.3 is 14.6 Å². The highest BCUT2D eigenvalue weighted by Crippen LogP contribution is 2.53. The first-order valence-corrected chi connectivity index (χ1v) is 8.93. The second-order valence-corrected chi connectivity index (χ2v) is 7.01. The molecule has 4 heterocycles. The number of aromatic nitrogens is 3. The number of carbonyl (C=O) groups is 1. The van der Waals surface area contributed by atoms with Crippen molar-refractivity contribution in [3.8, 4) is 0 Å². The van der Waals surface area contributed by atoms with E-state index in [0.717, 1.165) is 30.8 Å². The van der Waals surface area contributed by atoms with Gasteiger partial charge in [0, 0.05) is 43.6 Å². The second kappa shape index (κ2) is 6.09. The molecule has 0 aromatic carbocycles. The van der Waals surface area contributed by atoms with Crippen LogP contribution in [0.15, 0.2) is 47.4 Å². The number of carbonyl (C=O) groups excluding carboxylic acids is 1. The number of nitrogens with one attached hydrogen (secondary N) is 1. The Morgan fingerprint density at radius 3 is 2.81 bits per heavy atom. The molecule has 1 aliphatic heterocycles. The van der Waals surface area contributed by atoms with Gasteiger partial charge in [0.2, 0.25) is 5.95 Å². The summed E-state index contributed by atoms with van der Waals surface area (Å²) >= 11 is 0. The molecule has 7 nitrogen and oxygen atoms in total. The highest BCUT2D eigenvalue weighted by atomic mass is 16.3. The summed E-state index contributed by atoms with van der Waals surface area (Å²) in [4.78, 5) is 27.1. The van der Waals surface area contributed by atoms with Crippen molar-refractivity contribution in [2.24, 2.45) is 17.8 Å². The molecule has 0 bridgehead atoms. The summed E-state index contributed by atoms with van der Waals surface area (Å²) in [5.74, 6) is 3.10. The molecule has 2 aliphatic rings. The Hall–Kier alpha value is -2.96. The molecule has 1 saturated heterocycles. The van der Waals surface area contributed by atoms with E-state index in [1.54, 1.807) is 30.9 Å². The Kier molecular flexibility index (Phi) is 3.58. The molecule has 1 saturated carbocycles. The molecular formula is C19H19N5O2. The maximum absolute atomic E-state index is 12.2. The van der Waals surface area contributed by atoms with Gasteiger partial charge in [-0.25, -0.2) is 9.97 Å². The molecule has 3 atom stereocenters. The van der Waals surface area contributed by atoms with Gasteiger partial charge in [-0.15, -0.1) is 0 Å². The predicted molar refractivity (Wildman–Crippen MR) is 95.7 cm³/mol. The lowest BCUT2D eigenvalue weighted by atomic mass is 10.2. The maximum atomic E-state index is 12.2. The van der Waals surface area contributed by atoms with Crippen LogP contribution in [0.3, 0.4) is 0 Å². The molecule has 3 aromatic heterocycles. The monoisotopic (exact) mass is 349 g/mol. The van der Waals surface area contributed by atoms with Crippen molar-refractivity contribution in [3.63, 3.8) is 0 Å². The topological polar surface area (TPSA) is 84.2 Å². The van der Waals surface area contributed by atoms with E-state index in [4.69, 9.17) is 4.42 Å². The maximum Gasteiger partial charge on any atom is 0.287 e. The number of anilines is 1. The summed E-state index contributed by atoms with van der Waals surface area (Å²) in [5, 5.41) is 3.87. The number of rotatable bonds is 5. The van der Waals surface area contributed by atoms with Crippen molar-refractivity contribution in [2.75, 3.05) is 24.5 Å². The number of amides is 1. The number of hydrogen-bond acceptors (Lipinski definition) is 6. The average molecular weight is 349 g/mol. The molecule has 5 rings (SSSR count). The standard InChI is InChI=1S/C19H19N5O2/c25-18(16-8-12-2-6-20-9-17(12)26-16)21-7-3-13-14-10-24(11-15(13)14)19-22-4-1-5-23-19/h1-2,4-6,8-9,13-15H,3,7,10-11H2,(H,21,25)/t13?,14-,15+. The van der Waals surface area contributed by atoms with E-state index in [2.05, 4.69) is 25.2 Å². The van der Waals surface area contributed by atoms with E-state index < -0.39 is 0 Å². The van der Waals surface area contributed by atoms with Crippen molar-refractivity contribution >= 4 is 22.8 Å². The molecule has 132 valence electrons. The van der Waals surface area contributed by atoms with Crippen LogP contribution in [0.5, 0.6) is 0 Å². The molecule has 1 amide bonds. The normalized spacial score (nSPS) is 23.8. The summed E-state index contributed by atoms with van der Waals surface area (Å²) in [7, 11) is 0. The van der Waals surface area contributed by atoms with Crippen molar-refractivity contribution < 1.29 is 9.21 Å². The highest BCUT2D eigenvalue weighted by Gasteiger charge is 2.55. The van der Waals surface area contributed by atoms with Crippen LogP contribution in [0.25, 0.3) is 11.0 Å². The fraction of sp³-hybridized carbons (Fsp3) is 0.368. The highest BCUT2D eigenvalue weighted by molar-refractivity contribution is 5.95. The molecule has 0 spiro atoms. The van der Waals surface area contributed by atoms with Crippen molar-refractivity contribution in [3.05, 3.63) is 48.7 Å². The smallest absolute Gasteiger partial charge is 0.287 e. The van der Waals surface area contributed by atoms with Crippen LogP contribution in [0.1, 0.15) is 17.0 Å². The summed E-state index contributed by atoms with van der Waals surface area (Å²) in [5.41, 5.74) is 0.637. The molecule has 1 unspecified atom stereocenters. The van der Waals surface area contributed by atoms with Gasteiger partial charge in [0.1, 0.15) is 0 Å². The molecule has 7 heteroatoms. The number of hydrogen-bond donors (Lipinski definition) is 1. The van der Waals surface area contributed by atoms with E-state index in [0.29, 0.717) is 35.6 Å². The van der Waals surface area contributed by atoms with Crippen LogP contribution in [-0.2, 0) is 0 Å². The van der Waals surface area contributed by atoms with Gasteiger partial charge in [-0.3, -0.25) is 9.78 Å².